The number of rotatable bonds is 1. The predicted molar refractivity (Wildman–Crippen MR) is 49.2 cm³/mol. The molecule has 3 nitrogen and oxygen atoms in total. The lowest BCUT2D eigenvalue weighted by Gasteiger charge is -2.53. The van der Waals surface area contributed by atoms with E-state index < -0.39 is 11.4 Å². The molecule has 3 saturated carbocycles. The first kappa shape index (κ1) is 9.00. The summed E-state index contributed by atoms with van der Waals surface area (Å²) >= 11 is 0. The molecule has 0 aromatic heterocycles. The monoisotopic (exact) mass is 183 g/mol. The van der Waals surface area contributed by atoms with Crippen molar-refractivity contribution in [2.45, 2.75) is 44.6 Å². The minimum atomic E-state index is -0.609. The molecule has 0 saturated heterocycles. The molecule has 74 valence electrons. The number of aliphatic carboxylic acids is 1. The smallest absolute Gasteiger partial charge is 0.309 e. The SMILES string of the molecule is CC1CC2(N)CCC1(C(=O)O)CC2. The molecule has 13 heavy (non-hydrogen) atoms. The van der Waals surface area contributed by atoms with Crippen LogP contribution >= 0.6 is 0 Å². The largest absolute Gasteiger partial charge is 0.481 e. The lowest BCUT2D eigenvalue weighted by atomic mass is 9.53. The Labute approximate surface area is 78.3 Å². The molecule has 2 bridgehead atoms. The van der Waals surface area contributed by atoms with Crippen LogP contribution in [0.2, 0.25) is 0 Å². The van der Waals surface area contributed by atoms with Crippen molar-refractivity contribution < 1.29 is 9.90 Å². The normalized spacial score (nSPS) is 49.2. The van der Waals surface area contributed by atoms with Crippen molar-refractivity contribution >= 4 is 5.97 Å². The zero-order valence-electron chi connectivity index (χ0n) is 8.05. The molecule has 1 unspecified atom stereocenters. The third kappa shape index (κ3) is 1.10. The minimum Gasteiger partial charge on any atom is -0.481 e. The average molecular weight is 183 g/mol. The Bertz CT molecular complexity index is 241. The molecule has 3 aliphatic rings. The van der Waals surface area contributed by atoms with E-state index in [1.807, 2.05) is 6.92 Å². The second-order valence-corrected chi connectivity index (χ2v) is 4.93. The maximum Gasteiger partial charge on any atom is 0.309 e. The zero-order valence-corrected chi connectivity index (χ0v) is 8.05. The molecule has 0 amide bonds. The van der Waals surface area contributed by atoms with Crippen LogP contribution < -0.4 is 5.73 Å². The summed E-state index contributed by atoms with van der Waals surface area (Å²) in [7, 11) is 0. The maximum absolute atomic E-state index is 11.2. The standard InChI is InChI=1S/C10H17NO2/c1-7-6-9(11)2-4-10(7,5-3-9)8(12)13/h7H,2-6,11H2,1H3,(H,12,13). The van der Waals surface area contributed by atoms with Gasteiger partial charge < -0.3 is 10.8 Å². The molecule has 3 fully saturated rings. The Morgan fingerprint density at radius 3 is 2.31 bits per heavy atom. The van der Waals surface area contributed by atoms with Crippen molar-refractivity contribution in [3.8, 4) is 0 Å². The van der Waals surface area contributed by atoms with Crippen molar-refractivity contribution in [3.05, 3.63) is 0 Å². The summed E-state index contributed by atoms with van der Waals surface area (Å²) in [6, 6.07) is 0. The van der Waals surface area contributed by atoms with E-state index in [9.17, 15) is 9.90 Å². The summed E-state index contributed by atoms with van der Waals surface area (Å²) in [4.78, 5) is 11.2. The summed E-state index contributed by atoms with van der Waals surface area (Å²) in [5, 5.41) is 9.23. The first-order chi connectivity index (χ1) is 5.99. The Balaban J connectivity index is 2.29. The van der Waals surface area contributed by atoms with Gasteiger partial charge in [-0.3, -0.25) is 4.79 Å². The van der Waals surface area contributed by atoms with Gasteiger partial charge >= 0.3 is 5.97 Å². The van der Waals surface area contributed by atoms with Gasteiger partial charge in [-0.15, -0.1) is 0 Å². The lowest BCUT2D eigenvalue weighted by molar-refractivity contribution is -0.161. The topological polar surface area (TPSA) is 63.3 Å². The lowest BCUT2D eigenvalue weighted by Crippen LogP contribution is -2.58. The second kappa shape index (κ2) is 2.47. The molecule has 1 atom stereocenters. The number of carboxylic acids is 1. The van der Waals surface area contributed by atoms with Crippen molar-refractivity contribution in [2.75, 3.05) is 0 Å². The Morgan fingerprint density at radius 1 is 1.38 bits per heavy atom. The van der Waals surface area contributed by atoms with Gasteiger partial charge in [0.25, 0.3) is 0 Å². The van der Waals surface area contributed by atoms with E-state index in [2.05, 4.69) is 0 Å². The van der Waals surface area contributed by atoms with Crippen molar-refractivity contribution in [1.82, 2.24) is 0 Å². The van der Waals surface area contributed by atoms with Gasteiger partial charge in [-0.05, 0) is 38.0 Å². The van der Waals surface area contributed by atoms with Crippen LogP contribution in [0.3, 0.4) is 0 Å². The molecule has 0 aliphatic heterocycles. The molecule has 0 aromatic carbocycles. The summed E-state index contributed by atoms with van der Waals surface area (Å²) < 4.78 is 0. The molecular weight excluding hydrogens is 166 g/mol. The number of carbonyl (C=O) groups is 1. The fourth-order valence-corrected chi connectivity index (χ4v) is 3.12. The molecule has 3 N–H and O–H groups in total. The van der Waals surface area contributed by atoms with Gasteiger partial charge in [0.05, 0.1) is 5.41 Å². The first-order valence-electron chi connectivity index (χ1n) is 5.01. The van der Waals surface area contributed by atoms with E-state index in [0.717, 1.165) is 32.1 Å². The van der Waals surface area contributed by atoms with E-state index in [-0.39, 0.29) is 11.5 Å². The van der Waals surface area contributed by atoms with Crippen LogP contribution in [0.25, 0.3) is 0 Å². The Hall–Kier alpha value is -0.570. The molecule has 0 aromatic rings. The highest BCUT2D eigenvalue weighted by atomic mass is 16.4. The predicted octanol–water partition coefficient (Wildman–Crippen LogP) is 1.37. The zero-order chi connectivity index (χ0) is 9.69. The number of hydrogen-bond donors (Lipinski definition) is 2. The van der Waals surface area contributed by atoms with Crippen LogP contribution in [0, 0.1) is 11.3 Å². The third-order valence-corrected chi connectivity index (χ3v) is 4.22. The van der Waals surface area contributed by atoms with Crippen molar-refractivity contribution in [3.63, 3.8) is 0 Å². The fourth-order valence-electron chi connectivity index (χ4n) is 3.12. The van der Waals surface area contributed by atoms with Crippen LogP contribution in [-0.4, -0.2) is 16.6 Å². The highest BCUT2D eigenvalue weighted by molar-refractivity contribution is 5.75. The highest BCUT2D eigenvalue weighted by Gasteiger charge is 2.55. The van der Waals surface area contributed by atoms with Gasteiger partial charge in [0, 0.05) is 5.54 Å². The summed E-state index contributed by atoms with van der Waals surface area (Å²) in [6.07, 6.45) is 4.23. The number of carboxylic acid groups (broad SMARTS) is 1. The van der Waals surface area contributed by atoms with E-state index in [0.29, 0.717) is 0 Å². The molecule has 0 spiro atoms. The second-order valence-electron chi connectivity index (χ2n) is 4.93. The minimum absolute atomic E-state index is 0.0450. The van der Waals surface area contributed by atoms with Gasteiger partial charge in [0.1, 0.15) is 0 Å². The molecule has 3 heteroatoms. The quantitative estimate of drug-likeness (QED) is 0.645. The molecule has 0 radical (unpaired) electrons. The van der Waals surface area contributed by atoms with E-state index in [4.69, 9.17) is 5.73 Å². The average Bonchev–Trinajstić information content (AvgIpc) is 2.03. The Kier molecular flexibility index (Phi) is 1.71. The molecule has 3 aliphatic carbocycles. The van der Waals surface area contributed by atoms with E-state index >= 15 is 0 Å². The van der Waals surface area contributed by atoms with Crippen LogP contribution in [0.4, 0.5) is 0 Å². The first-order valence-corrected chi connectivity index (χ1v) is 5.01. The fraction of sp³-hybridized carbons (Fsp3) is 0.900. The molecular formula is C10H17NO2. The van der Waals surface area contributed by atoms with E-state index in [1.165, 1.54) is 0 Å². The van der Waals surface area contributed by atoms with Crippen LogP contribution in [0.1, 0.15) is 39.0 Å². The van der Waals surface area contributed by atoms with Crippen LogP contribution in [0.5, 0.6) is 0 Å². The van der Waals surface area contributed by atoms with E-state index in [1.54, 1.807) is 0 Å². The Morgan fingerprint density at radius 2 is 1.92 bits per heavy atom. The van der Waals surface area contributed by atoms with Crippen molar-refractivity contribution in [1.29, 1.82) is 0 Å². The van der Waals surface area contributed by atoms with Crippen LogP contribution in [-0.2, 0) is 4.79 Å². The number of hydrogen-bond acceptors (Lipinski definition) is 2. The third-order valence-electron chi connectivity index (χ3n) is 4.22. The van der Waals surface area contributed by atoms with Gasteiger partial charge in [0.15, 0.2) is 0 Å². The van der Waals surface area contributed by atoms with Gasteiger partial charge in [0.2, 0.25) is 0 Å². The number of fused-ring (bicyclic) bond motifs is 3. The summed E-state index contributed by atoms with van der Waals surface area (Å²) in [6.45, 7) is 2.04. The highest BCUT2D eigenvalue weighted by Crippen LogP contribution is 2.54. The van der Waals surface area contributed by atoms with Crippen LogP contribution in [0.15, 0.2) is 0 Å². The summed E-state index contributed by atoms with van der Waals surface area (Å²) in [5.74, 6) is -0.362. The van der Waals surface area contributed by atoms with Crippen molar-refractivity contribution in [2.24, 2.45) is 17.1 Å². The van der Waals surface area contributed by atoms with Gasteiger partial charge in [-0.1, -0.05) is 6.92 Å². The molecule has 3 rings (SSSR count). The molecule has 0 heterocycles. The van der Waals surface area contributed by atoms with Gasteiger partial charge in [-0.25, -0.2) is 0 Å². The van der Waals surface area contributed by atoms with Gasteiger partial charge in [-0.2, -0.15) is 0 Å². The maximum atomic E-state index is 11.2. The summed E-state index contributed by atoms with van der Waals surface area (Å²) in [5.41, 5.74) is 5.66. The number of nitrogens with two attached hydrogens (primary N) is 1.